The SMILES string of the molecule is COc1ccc2cc(CNC(=O)C3CC(=O)N(C4CCCC4)C3)ccc2c1. The molecule has 2 aromatic carbocycles. The van der Waals surface area contributed by atoms with Crippen molar-refractivity contribution in [2.75, 3.05) is 13.7 Å². The summed E-state index contributed by atoms with van der Waals surface area (Å²) in [4.78, 5) is 26.8. The highest BCUT2D eigenvalue weighted by Crippen LogP contribution is 2.29. The molecule has 142 valence electrons. The fraction of sp³-hybridized carbons (Fsp3) is 0.455. The Morgan fingerprint density at radius 1 is 1.15 bits per heavy atom. The van der Waals surface area contributed by atoms with Crippen LogP contribution in [0.4, 0.5) is 0 Å². The molecule has 5 heteroatoms. The van der Waals surface area contributed by atoms with E-state index in [0.29, 0.717) is 25.6 Å². The van der Waals surface area contributed by atoms with Crippen molar-refractivity contribution in [3.63, 3.8) is 0 Å². The van der Waals surface area contributed by atoms with Crippen LogP contribution >= 0.6 is 0 Å². The van der Waals surface area contributed by atoms with Gasteiger partial charge in [-0.3, -0.25) is 9.59 Å². The van der Waals surface area contributed by atoms with Crippen LogP contribution in [0.2, 0.25) is 0 Å². The van der Waals surface area contributed by atoms with Gasteiger partial charge in [-0.1, -0.05) is 31.0 Å². The zero-order chi connectivity index (χ0) is 18.8. The number of likely N-dealkylation sites (tertiary alicyclic amines) is 1. The normalized spacial score (nSPS) is 20.4. The third kappa shape index (κ3) is 3.77. The first-order chi connectivity index (χ1) is 13.1. The Bertz CT molecular complexity index is 858. The molecule has 1 heterocycles. The summed E-state index contributed by atoms with van der Waals surface area (Å²) in [5.74, 6) is 0.740. The molecule has 0 aromatic heterocycles. The number of nitrogens with one attached hydrogen (secondary N) is 1. The molecule has 0 bridgehead atoms. The molecule has 2 aromatic rings. The molecule has 2 fully saturated rings. The number of methoxy groups -OCH3 is 1. The molecule has 1 aliphatic carbocycles. The van der Waals surface area contributed by atoms with Gasteiger partial charge in [0.2, 0.25) is 11.8 Å². The van der Waals surface area contributed by atoms with Crippen molar-refractivity contribution in [3.8, 4) is 5.75 Å². The van der Waals surface area contributed by atoms with Gasteiger partial charge in [-0.2, -0.15) is 0 Å². The lowest BCUT2D eigenvalue weighted by Crippen LogP contribution is -2.36. The monoisotopic (exact) mass is 366 g/mol. The smallest absolute Gasteiger partial charge is 0.225 e. The number of rotatable bonds is 5. The second-order valence-corrected chi connectivity index (χ2v) is 7.65. The maximum absolute atomic E-state index is 12.6. The van der Waals surface area contributed by atoms with Crippen LogP contribution in [0.1, 0.15) is 37.7 Å². The molecular weight excluding hydrogens is 340 g/mol. The van der Waals surface area contributed by atoms with E-state index in [1.807, 2.05) is 35.2 Å². The van der Waals surface area contributed by atoms with Crippen LogP contribution in [0.15, 0.2) is 36.4 Å². The van der Waals surface area contributed by atoms with Crippen molar-refractivity contribution in [2.24, 2.45) is 5.92 Å². The quantitative estimate of drug-likeness (QED) is 0.884. The fourth-order valence-corrected chi connectivity index (χ4v) is 4.32. The van der Waals surface area contributed by atoms with E-state index in [0.717, 1.165) is 34.9 Å². The first-order valence-electron chi connectivity index (χ1n) is 9.78. The van der Waals surface area contributed by atoms with E-state index in [2.05, 4.69) is 11.4 Å². The van der Waals surface area contributed by atoms with Crippen molar-refractivity contribution in [2.45, 2.75) is 44.7 Å². The molecule has 1 saturated heterocycles. The first-order valence-corrected chi connectivity index (χ1v) is 9.78. The van der Waals surface area contributed by atoms with Gasteiger partial charge in [0.05, 0.1) is 13.0 Å². The average Bonchev–Trinajstić information content (AvgIpc) is 3.35. The van der Waals surface area contributed by atoms with E-state index in [1.54, 1.807) is 7.11 Å². The number of hydrogen-bond acceptors (Lipinski definition) is 3. The maximum atomic E-state index is 12.6. The predicted octanol–water partition coefficient (Wildman–Crippen LogP) is 3.26. The number of amides is 2. The summed E-state index contributed by atoms with van der Waals surface area (Å²) in [6.45, 7) is 1.06. The highest BCUT2D eigenvalue weighted by molar-refractivity contribution is 5.89. The summed E-state index contributed by atoms with van der Waals surface area (Å²) < 4.78 is 5.25. The zero-order valence-electron chi connectivity index (χ0n) is 15.7. The molecule has 0 spiro atoms. The van der Waals surface area contributed by atoms with E-state index >= 15 is 0 Å². The van der Waals surface area contributed by atoms with Crippen molar-refractivity contribution in [1.82, 2.24) is 10.2 Å². The number of carbonyl (C=O) groups excluding carboxylic acids is 2. The van der Waals surface area contributed by atoms with Crippen LogP contribution in [-0.2, 0) is 16.1 Å². The fourth-order valence-electron chi connectivity index (χ4n) is 4.32. The Morgan fingerprint density at radius 3 is 2.67 bits per heavy atom. The molecule has 4 rings (SSSR count). The van der Waals surface area contributed by atoms with Crippen LogP contribution in [0.3, 0.4) is 0 Å². The Labute approximate surface area is 159 Å². The molecule has 2 aliphatic rings. The predicted molar refractivity (Wildman–Crippen MR) is 104 cm³/mol. The third-order valence-corrected chi connectivity index (χ3v) is 5.87. The van der Waals surface area contributed by atoms with Crippen molar-refractivity contribution in [1.29, 1.82) is 0 Å². The molecular formula is C22H26N2O3. The second-order valence-electron chi connectivity index (χ2n) is 7.65. The van der Waals surface area contributed by atoms with Crippen LogP contribution < -0.4 is 10.1 Å². The molecule has 1 saturated carbocycles. The van der Waals surface area contributed by atoms with Crippen LogP contribution in [0, 0.1) is 5.92 Å². The number of ether oxygens (including phenoxy) is 1. The molecule has 27 heavy (non-hydrogen) atoms. The summed E-state index contributed by atoms with van der Waals surface area (Å²) in [5.41, 5.74) is 1.05. The lowest BCUT2D eigenvalue weighted by molar-refractivity contribution is -0.130. The van der Waals surface area contributed by atoms with Crippen LogP contribution in [0.5, 0.6) is 5.75 Å². The molecule has 0 radical (unpaired) electrons. The van der Waals surface area contributed by atoms with Gasteiger partial charge in [0.1, 0.15) is 5.75 Å². The van der Waals surface area contributed by atoms with Gasteiger partial charge < -0.3 is 15.0 Å². The Hall–Kier alpha value is -2.56. The van der Waals surface area contributed by atoms with Gasteiger partial charge in [0.15, 0.2) is 0 Å². The minimum atomic E-state index is -0.220. The molecule has 2 amide bonds. The largest absolute Gasteiger partial charge is 0.497 e. The molecule has 1 unspecified atom stereocenters. The summed E-state index contributed by atoms with van der Waals surface area (Å²) in [7, 11) is 1.66. The van der Waals surface area contributed by atoms with Crippen LogP contribution in [0.25, 0.3) is 10.8 Å². The van der Waals surface area contributed by atoms with E-state index in [-0.39, 0.29) is 17.7 Å². The summed E-state index contributed by atoms with van der Waals surface area (Å²) in [6.07, 6.45) is 4.90. The Balaban J connectivity index is 1.36. The van der Waals surface area contributed by atoms with Gasteiger partial charge in [-0.25, -0.2) is 0 Å². The number of hydrogen-bond donors (Lipinski definition) is 1. The van der Waals surface area contributed by atoms with Gasteiger partial charge in [-0.15, -0.1) is 0 Å². The number of carbonyl (C=O) groups is 2. The van der Waals surface area contributed by atoms with Gasteiger partial charge >= 0.3 is 0 Å². The van der Waals surface area contributed by atoms with E-state index in [1.165, 1.54) is 12.8 Å². The highest BCUT2D eigenvalue weighted by atomic mass is 16.5. The number of benzene rings is 2. The standard InChI is InChI=1S/C22H26N2O3/c1-27-20-9-8-16-10-15(6-7-17(16)11-20)13-23-22(26)18-12-21(25)24(14-18)19-4-2-3-5-19/h6-11,18-19H,2-5,12-14H2,1H3,(H,23,26). The topological polar surface area (TPSA) is 58.6 Å². The third-order valence-electron chi connectivity index (χ3n) is 5.87. The summed E-state index contributed by atoms with van der Waals surface area (Å²) >= 11 is 0. The van der Waals surface area contributed by atoms with Gasteiger partial charge in [0, 0.05) is 25.6 Å². The molecule has 5 nitrogen and oxygen atoms in total. The van der Waals surface area contributed by atoms with E-state index < -0.39 is 0 Å². The van der Waals surface area contributed by atoms with Gasteiger partial charge in [0.25, 0.3) is 0 Å². The summed E-state index contributed by atoms with van der Waals surface area (Å²) in [6, 6.07) is 12.5. The lowest BCUT2D eigenvalue weighted by Gasteiger charge is -2.23. The minimum Gasteiger partial charge on any atom is -0.497 e. The number of fused-ring (bicyclic) bond motifs is 1. The Kier molecular flexibility index (Phi) is 5.01. The van der Waals surface area contributed by atoms with Gasteiger partial charge in [-0.05, 0) is 47.4 Å². The first kappa shape index (κ1) is 17.8. The lowest BCUT2D eigenvalue weighted by atomic mass is 10.1. The Morgan fingerprint density at radius 2 is 1.89 bits per heavy atom. The van der Waals surface area contributed by atoms with E-state index in [9.17, 15) is 9.59 Å². The van der Waals surface area contributed by atoms with Crippen molar-refractivity contribution >= 4 is 22.6 Å². The highest BCUT2D eigenvalue weighted by Gasteiger charge is 2.38. The maximum Gasteiger partial charge on any atom is 0.225 e. The minimum absolute atomic E-state index is 0.0151. The van der Waals surface area contributed by atoms with Crippen LogP contribution in [-0.4, -0.2) is 36.4 Å². The molecule has 1 N–H and O–H groups in total. The average molecular weight is 366 g/mol. The van der Waals surface area contributed by atoms with E-state index in [4.69, 9.17) is 4.74 Å². The summed E-state index contributed by atoms with van der Waals surface area (Å²) in [5, 5.41) is 5.24. The molecule has 1 aliphatic heterocycles. The van der Waals surface area contributed by atoms with Crippen molar-refractivity contribution < 1.29 is 14.3 Å². The second kappa shape index (κ2) is 7.59. The number of nitrogens with zero attached hydrogens (tertiary/aromatic N) is 1. The molecule has 1 atom stereocenters. The van der Waals surface area contributed by atoms with Crippen molar-refractivity contribution in [3.05, 3.63) is 42.0 Å². The zero-order valence-corrected chi connectivity index (χ0v) is 15.7.